The van der Waals surface area contributed by atoms with Gasteiger partial charge in [-0.3, -0.25) is 14.9 Å². The number of halogens is 1. The summed E-state index contributed by atoms with van der Waals surface area (Å²) in [5.41, 5.74) is 5.53. The van der Waals surface area contributed by atoms with Gasteiger partial charge in [-0.1, -0.05) is 20.8 Å². The largest absolute Gasteiger partial charge is 0.335 e. The maximum atomic E-state index is 14.6. The number of carbonyl (C=O) groups excluding carboxylic acids is 1. The molecule has 14 heteroatoms. The van der Waals surface area contributed by atoms with Gasteiger partial charge in [0.25, 0.3) is 0 Å². The Morgan fingerprint density at radius 1 is 1.02 bits per heavy atom. The van der Waals surface area contributed by atoms with Gasteiger partial charge in [0.05, 0.1) is 34.9 Å². The van der Waals surface area contributed by atoms with Crippen molar-refractivity contribution in [2.75, 3.05) is 11.6 Å². The average molecular weight is 614 g/mol. The van der Waals surface area contributed by atoms with Crippen molar-refractivity contribution in [3.05, 3.63) is 72.4 Å². The molecule has 0 aliphatic heterocycles. The number of rotatable bonds is 7. The molecule has 6 rings (SSSR count). The van der Waals surface area contributed by atoms with Gasteiger partial charge in [0.15, 0.2) is 17.2 Å². The monoisotopic (exact) mass is 613 g/mol. The molecule has 6 aromatic rings. The Morgan fingerprint density at radius 2 is 1.84 bits per heavy atom. The number of pyridine rings is 3. The molecule has 0 saturated carbocycles. The molecular formula is C30H28FN9O3S. The number of hydrogen-bond acceptors (Lipinski definition) is 8. The summed E-state index contributed by atoms with van der Waals surface area (Å²) in [7, 11) is -3.46. The molecule has 0 aliphatic rings. The molecule has 5 aromatic heterocycles. The second-order valence-corrected chi connectivity index (χ2v) is 13.2. The van der Waals surface area contributed by atoms with Gasteiger partial charge in [0.1, 0.15) is 11.3 Å². The third-order valence-electron chi connectivity index (χ3n) is 6.80. The normalized spacial score (nSPS) is 12.2. The Balaban J connectivity index is 1.37. The van der Waals surface area contributed by atoms with Crippen molar-refractivity contribution in [1.29, 1.82) is 0 Å². The molecule has 4 N–H and O–H groups in total. The van der Waals surface area contributed by atoms with Gasteiger partial charge < -0.3 is 10.3 Å². The molecule has 0 radical (unpaired) electrons. The summed E-state index contributed by atoms with van der Waals surface area (Å²) in [6.07, 6.45) is 5.86. The molecule has 1 aromatic carbocycles. The van der Waals surface area contributed by atoms with Crippen molar-refractivity contribution in [2.45, 2.75) is 27.3 Å². The summed E-state index contributed by atoms with van der Waals surface area (Å²) in [5.74, 6) is -0.241. The molecule has 12 nitrogen and oxygen atoms in total. The van der Waals surface area contributed by atoms with E-state index in [2.05, 4.69) is 40.2 Å². The summed E-state index contributed by atoms with van der Waals surface area (Å²) in [6.45, 7) is 5.45. The zero-order chi connectivity index (χ0) is 31.2. The van der Waals surface area contributed by atoms with Gasteiger partial charge in [0, 0.05) is 35.5 Å². The first kappa shape index (κ1) is 29.0. The van der Waals surface area contributed by atoms with Crippen LogP contribution in [0.3, 0.4) is 0 Å². The van der Waals surface area contributed by atoms with Crippen molar-refractivity contribution in [2.24, 2.45) is 5.41 Å². The predicted molar refractivity (Wildman–Crippen MR) is 165 cm³/mol. The number of sulfonamides is 1. The number of nitrogens with zero attached hydrogens (tertiary/aromatic N) is 5. The molecule has 0 fully saturated rings. The molecule has 0 unspecified atom stereocenters. The molecule has 5 heterocycles. The predicted octanol–water partition coefficient (Wildman–Crippen LogP) is 4.80. The van der Waals surface area contributed by atoms with Crippen LogP contribution in [0.15, 0.2) is 61.1 Å². The highest BCUT2D eigenvalue weighted by atomic mass is 32.2. The number of H-pyrrole nitrogens is 2. The van der Waals surface area contributed by atoms with E-state index in [4.69, 9.17) is 4.98 Å². The highest BCUT2D eigenvalue weighted by Crippen LogP contribution is 2.32. The first-order chi connectivity index (χ1) is 20.8. The molecule has 0 atom stereocenters. The summed E-state index contributed by atoms with van der Waals surface area (Å²) >= 11 is 0. The quantitative estimate of drug-likeness (QED) is 0.199. The van der Waals surface area contributed by atoms with E-state index in [0.717, 1.165) is 6.26 Å². The van der Waals surface area contributed by atoms with E-state index in [1.807, 2.05) is 32.9 Å². The lowest BCUT2D eigenvalue weighted by atomic mass is 9.95. The second-order valence-electron chi connectivity index (χ2n) is 11.4. The first-order valence-corrected chi connectivity index (χ1v) is 15.4. The molecule has 0 saturated heterocycles. The average Bonchev–Trinajstić information content (AvgIpc) is 3.59. The number of aromatic amines is 2. The zero-order valence-corrected chi connectivity index (χ0v) is 25.0. The lowest BCUT2D eigenvalue weighted by molar-refractivity contribution is -0.123. The van der Waals surface area contributed by atoms with Crippen LogP contribution in [0.2, 0.25) is 0 Å². The lowest BCUT2D eigenvalue weighted by Crippen LogP contribution is -2.27. The Labute approximate surface area is 251 Å². The van der Waals surface area contributed by atoms with Crippen LogP contribution in [-0.2, 0) is 21.4 Å². The van der Waals surface area contributed by atoms with E-state index in [1.54, 1.807) is 36.8 Å². The molecular weight excluding hydrogens is 585 g/mol. The van der Waals surface area contributed by atoms with Crippen molar-refractivity contribution >= 4 is 43.8 Å². The minimum atomic E-state index is -3.46. The standard InChI is InChI=1S/C30H28FN9O3S/c1-30(2,3)29(41)35-20-12-18(14-32-15-20)22-5-6-23-25(36-22)26(40-39-23)28-37-24-21(7-8-33-27(24)38-28)17-9-16(10-19(31)11-17)13-34-44(4,42)43/h5-12,14-15,34H,13H2,1-4H3,(H,35,41)(H,39,40)(H,33,37,38). The second kappa shape index (κ2) is 10.9. The number of hydrogen-bond donors (Lipinski definition) is 4. The van der Waals surface area contributed by atoms with E-state index in [0.29, 0.717) is 67.4 Å². The Kier molecular flexibility index (Phi) is 7.18. The SMILES string of the molecule is CC(C)(C)C(=O)Nc1cncc(-c2ccc3[nH]nc(-c4nc5nccc(-c6cc(F)cc(CNS(C)(=O)=O)c6)c5[nH]4)c3n2)c1. The summed E-state index contributed by atoms with van der Waals surface area (Å²) in [4.78, 5) is 33.9. The summed E-state index contributed by atoms with van der Waals surface area (Å²) in [6, 6.07) is 11.6. The van der Waals surface area contributed by atoms with Gasteiger partial charge in [-0.15, -0.1) is 0 Å². The van der Waals surface area contributed by atoms with Crippen LogP contribution in [-0.4, -0.2) is 55.7 Å². The fourth-order valence-corrected chi connectivity index (χ4v) is 5.01. The molecule has 1 amide bonds. The molecule has 0 aliphatic carbocycles. The number of amides is 1. The highest BCUT2D eigenvalue weighted by Gasteiger charge is 2.22. The Bertz CT molecular complexity index is 2170. The van der Waals surface area contributed by atoms with Crippen LogP contribution >= 0.6 is 0 Å². The van der Waals surface area contributed by atoms with E-state index in [-0.39, 0.29) is 12.5 Å². The number of aromatic nitrogens is 7. The third kappa shape index (κ3) is 6.02. The van der Waals surface area contributed by atoms with Gasteiger partial charge in [-0.2, -0.15) is 5.10 Å². The number of imidazole rings is 1. The lowest BCUT2D eigenvalue weighted by Gasteiger charge is -2.17. The molecule has 44 heavy (non-hydrogen) atoms. The van der Waals surface area contributed by atoms with Gasteiger partial charge in [0.2, 0.25) is 15.9 Å². The first-order valence-electron chi connectivity index (χ1n) is 13.6. The minimum absolute atomic E-state index is 0.0549. The Morgan fingerprint density at radius 3 is 2.61 bits per heavy atom. The van der Waals surface area contributed by atoms with E-state index in [1.165, 1.54) is 12.1 Å². The van der Waals surface area contributed by atoms with Gasteiger partial charge in [-0.25, -0.2) is 32.5 Å². The van der Waals surface area contributed by atoms with Crippen LogP contribution in [0, 0.1) is 11.2 Å². The zero-order valence-electron chi connectivity index (χ0n) is 24.2. The maximum Gasteiger partial charge on any atom is 0.229 e. The van der Waals surface area contributed by atoms with E-state index < -0.39 is 21.3 Å². The van der Waals surface area contributed by atoms with Crippen molar-refractivity contribution in [3.8, 4) is 33.9 Å². The van der Waals surface area contributed by atoms with Crippen molar-refractivity contribution < 1.29 is 17.6 Å². The summed E-state index contributed by atoms with van der Waals surface area (Å²) < 4.78 is 40.1. The van der Waals surface area contributed by atoms with Crippen molar-refractivity contribution in [1.82, 2.24) is 39.8 Å². The third-order valence-corrected chi connectivity index (χ3v) is 7.47. The van der Waals surface area contributed by atoms with E-state index >= 15 is 0 Å². The molecule has 0 spiro atoms. The molecule has 0 bridgehead atoms. The van der Waals surface area contributed by atoms with Crippen molar-refractivity contribution in [3.63, 3.8) is 0 Å². The van der Waals surface area contributed by atoms with E-state index in [9.17, 15) is 17.6 Å². The number of nitrogens with one attached hydrogen (secondary N) is 4. The smallest absolute Gasteiger partial charge is 0.229 e. The Hall–Kier alpha value is -5.08. The van der Waals surface area contributed by atoms with Crippen LogP contribution in [0.5, 0.6) is 0 Å². The van der Waals surface area contributed by atoms with Crippen LogP contribution in [0.25, 0.3) is 56.1 Å². The number of fused-ring (bicyclic) bond motifs is 2. The van der Waals surface area contributed by atoms with Crippen LogP contribution in [0.4, 0.5) is 10.1 Å². The fourth-order valence-electron chi connectivity index (χ4n) is 4.58. The molecule has 224 valence electrons. The minimum Gasteiger partial charge on any atom is -0.335 e. The number of anilines is 1. The van der Waals surface area contributed by atoms with Crippen LogP contribution < -0.4 is 10.0 Å². The highest BCUT2D eigenvalue weighted by molar-refractivity contribution is 7.88. The number of benzene rings is 1. The summed E-state index contributed by atoms with van der Waals surface area (Å²) in [5, 5.41) is 10.3. The topological polar surface area (TPSA) is 171 Å². The maximum absolute atomic E-state index is 14.6. The van der Waals surface area contributed by atoms with Gasteiger partial charge >= 0.3 is 0 Å². The number of carbonyl (C=O) groups is 1. The van der Waals surface area contributed by atoms with Crippen LogP contribution in [0.1, 0.15) is 26.3 Å². The van der Waals surface area contributed by atoms with Gasteiger partial charge in [-0.05, 0) is 53.6 Å². The fraction of sp³-hybridized carbons (Fsp3) is 0.200.